The number of aromatic amines is 3. The van der Waals surface area contributed by atoms with E-state index < -0.39 is 46.8 Å². The Balaban J connectivity index is 1.52. The second-order valence-electron chi connectivity index (χ2n) is 11.2. The Morgan fingerprint density at radius 3 is 1.76 bits per heavy atom. The van der Waals surface area contributed by atoms with Crippen LogP contribution in [0, 0.1) is 0 Å². The normalized spacial score (nSPS) is 13.4. The summed E-state index contributed by atoms with van der Waals surface area (Å²) in [6.07, 6.45) is -5.05. The van der Waals surface area contributed by atoms with Gasteiger partial charge in [-0.05, 0) is 66.1 Å². The zero-order chi connectivity index (χ0) is 33.0. The number of benzene rings is 3. The lowest BCUT2D eigenvalue weighted by atomic mass is 9.74. The number of halogens is 6. The number of carbonyl (C=O) groups excluding carboxylic acids is 2. The zero-order valence-corrected chi connectivity index (χ0v) is 24.3. The van der Waals surface area contributed by atoms with Crippen molar-refractivity contribution in [1.82, 2.24) is 20.3 Å². The van der Waals surface area contributed by atoms with Crippen LogP contribution < -0.4 is 5.32 Å². The van der Waals surface area contributed by atoms with E-state index in [0.29, 0.717) is 5.56 Å². The fourth-order valence-electron chi connectivity index (χ4n) is 5.97. The monoisotopic (exact) mass is 640 g/mol. The van der Waals surface area contributed by atoms with Crippen molar-refractivity contribution in [2.24, 2.45) is 0 Å². The van der Waals surface area contributed by atoms with Gasteiger partial charge in [0.25, 0.3) is 0 Å². The lowest BCUT2D eigenvalue weighted by molar-refractivity contribution is -0.145. The summed E-state index contributed by atoms with van der Waals surface area (Å²) < 4.78 is 87.7. The smallest absolute Gasteiger partial charge is 0.416 e. The number of para-hydroxylation sites is 1. The largest absolute Gasteiger partial charge is 0.467 e. The van der Waals surface area contributed by atoms with E-state index in [0.717, 1.165) is 42.3 Å². The van der Waals surface area contributed by atoms with Gasteiger partial charge in [-0.25, -0.2) is 4.79 Å². The number of rotatable bonds is 7. The predicted octanol–water partition coefficient (Wildman–Crippen LogP) is 7.37. The molecule has 3 heterocycles. The number of fused-ring (bicyclic) bond motifs is 3. The first-order valence-corrected chi connectivity index (χ1v) is 14.0. The quantitative estimate of drug-likeness (QED) is 0.108. The highest BCUT2D eigenvalue weighted by molar-refractivity contribution is 6.03. The Kier molecular flexibility index (Phi) is 7.37. The maximum atomic E-state index is 14.5. The third kappa shape index (κ3) is 5.25. The molecule has 0 aliphatic heterocycles. The van der Waals surface area contributed by atoms with E-state index in [2.05, 4.69) is 20.3 Å². The molecule has 0 aliphatic rings. The molecule has 3 aromatic heterocycles. The summed E-state index contributed by atoms with van der Waals surface area (Å²) in [4.78, 5) is 36.4. The van der Waals surface area contributed by atoms with E-state index in [9.17, 15) is 35.9 Å². The highest BCUT2D eigenvalue weighted by Crippen LogP contribution is 2.43. The van der Waals surface area contributed by atoms with Gasteiger partial charge in [-0.3, -0.25) is 4.79 Å². The van der Waals surface area contributed by atoms with E-state index in [1.807, 2.05) is 18.2 Å². The number of aromatic nitrogens is 3. The van der Waals surface area contributed by atoms with Crippen LogP contribution in [-0.2, 0) is 38.5 Å². The van der Waals surface area contributed by atoms with Crippen LogP contribution in [0.3, 0.4) is 0 Å². The number of H-pyrrole nitrogens is 3. The topological polar surface area (TPSA) is 103 Å². The molecular weight excluding hydrogens is 614 g/mol. The van der Waals surface area contributed by atoms with Crippen LogP contribution in [-0.4, -0.2) is 40.0 Å². The van der Waals surface area contributed by atoms with Crippen molar-refractivity contribution >= 4 is 44.6 Å². The number of hydrogen-bond donors (Lipinski definition) is 4. The molecule has 0 saturated carbocycles. The molecule has 3 aromatic carbocycles. The zero-order valence-electron chi connectivity index (χ0n) is 24.3. The lowest BCUT2D eigenvalue weighted by Gasteiger charge is -2.30. The molecular formula is C33H26F6N4O3. The fraction of sp³-hybridized carbons (Fsp3) is 0.212. The molecule has 0 radical (unpaired) electrons. The minimum absolute atomic E-state index is 0.0171. The van der Waals surface area contributed by atoms with Crippen LogP contribution in [0.25, 0.3) is 32.7 Å². The fourth-order valence-corrected chi connectivity index (χ4v) is 5.97. The number of ether oxygens (including phenoxy) is 1. The molecule has 13 heteroatoms. The van der Waals surface area contributed by atoms with Gasteiger partial charge in [-0.2, -0.15) is 26.3 Å². The summed E-state index contributed by atoms with van der Waals surface area (Å²) in [7, 11) is 1.15. The Bertz CT molecular complexity index is 2010. The highest BCUT2D eigenvalue weighted by Gasteiger charge is 2.44. The molecule has 1 atom stereocenters. The maximum Gasteiger partial charge on any atom is 0.416 e. The van der Waals surface area contributed by atoms with Crippen LogP contribution in [0.1, 0.15) is 34.7 Å². The Morgan fingerprint density at radius 2 is 1.24 bits per heavy atom. The second kappa shape index (κ2) is 11.0. The highest BCUT2D eigenvalue weighted by atomic mass is 19.4. The molecule has 0 saturated heterocycles. The van der Waals surface area contributed by atoms with E-state index in [4.69, 9.17) is 4.74 Å². The first-order valence-electron chi connectivity index (χ1n) is 14.0. The molecule has 1 amide bonds. The molecule has 7 nitrogen and oxygen atoms in total. The number of carbonyl (C=O) groups is 2. The minimum Gasteiger partial charge on any atom is -0.467 e. The first-order chi connectivity index (χ1) is 21.7. The summed E-state index contributed by atoms with van der Waals surface area (Å²) in [6.45, 7) is 1.40. The van der Waals surface area contributed by atoms with Gasteiger partial charge in [0.1, 0.15) is 11.5 Å². The van der Waals surface area contributed by atoms with Crippen LogP contribution in [0.4, 0.5) is 26.3 Å². The summed E-state index contributed by atoms with van der Waals surface area (Å²) in [5.74, 6) is -1.64. The van der Waals surface area contributed by atoms with E-state index in [1.165, 1.54) is 31.5 Å². The number of alkyl halides is 6. The number of esters is 1. The predicted molar refractivity (Wildman–Crippen MR) is 159 cm³/mol. The lowest BCUT2D eigenvalue weighted by Crippen LogP contribution is -2.51. The van der Waals surface area contributed by atoms with E-state index >= 15 is 0 Å². The third-order valence-corrected chi connectivity index (χ3v) is 8.44. The number of hydrogen-bond acceptors (Lipinski definition) is 3. The summed E-state index contributed by atoms with van der Waals surface area (Å²) in [5, 5.41) is 3.56. The van der Waals surface area contributed by atoms with Crippen LogP contribution in [0.2, 0.25) is 0 Å². The Labute approximate surface area is 256 Å². The van der Waals surface area contributed by atoms with Crippen LogP contribution in [0.5, 0.6) is 0 Å². The standard InChI is InChI=1S/C33H26F6N4O3/c1-31(23-15-41-26-9-7-18(12-21(23)26)32(34,35)36,24-16-42-27-10-8-19(13-22(24)27)33(37,38)39)30(45)43-28(29(44)46-2)11-17-14-40-25-6-4-3-5-20(17)25/h3-10,12-16,28,40-42H,11H2,1-2H3,(H,43,45)/t28-/m0/s1. The Morgan fingerprint density at radius 1 is 0.739 bits per heavy atom. The van der Waals surface area contributed by atoms with Gasteiger partial charge in [-0.15, -0.1) is 0 Å². The van der Waals surface area contributed by atoms with E-state index in [1.54, 1.807) is 12.3 Å². The van der Waals surface area contributed by atoms with Crippen molar-refractivity contribution in [3.8, 4) is 0 Å². The minimum atomic E-state index is -4.71. The van der Waals surface area contributed by atoms with Gasteiger partial charge in [0.05, 0.1) is 18.2 Å². The SMILES string of the molecule is COC(=O)[C@H](Cc1c[nH]c2ccccc12)NC(=O)C(C)(c1c[nH]c2ccc(C(F)(F)F)cc12)c1c[nH]c2ccc(C(F)(F)F)cc12. The van der Waals surface area contributed by atoms with Crippen molar-refractivity contribution in [3.05, 3.63) is 107 Å². The summed E-state index contributed by atoms with van der Waals surface area (Å²) >= 11 is 0. The molecule has 46 heavy (non-hydrogen) atoms. The first kappa shape index (κ1) is 30.8. The number of amides is 1. The van der Waals surface area contributed by atoms with Gasteiger partial charge >= 0.3 is 18.3 Å². The molecule has 0 fully saturated rings. The molecule has 0 aliphatic carbocycles. The summed E-state index contributed by atoms with van der Waals surface area (Å²) in [6, 6.07) is 12.0. The van der Waals surface area contributed by atoms with Gasteiger partial charge < -0.3 is 25.0 Å². The van der Waals surface area contributed by atoms with Crippen molar-refractivity contribution in [2.45, 2.75) is 37.2 Å². The molecule has 4 N–H and O–H groups in total. The summed E-state index contributed by atoms with van der Waals surface area (Å²) in [5.41, 5.74) is -1.77. The third-order valence-electron chi connectivity index (χ3n) is 8.44. The average Bonchev–Trinajstić information content (AvgIpc) is 3.75. The number of nitrogens with one attached hydrogen (secondary N) is 4. The van der Waals surface area contributed by atoms with Crippen LogP contribution >= 0.6 is 0 Å². The second-order valence-corrected chi connectivity index (χ2v) is 11.2. The molecule has 0 bridgehead atoms. The van der Waals surface area contributed by atoms with Crippen molar-refractivity contribution in [2.75, 3.05) is 7.11 Å². The van der Waals surface area contributed by atoms with Gasteiger partial charge in [0, 0.05) is 57.7 Å². The Hall–Kier alpha value is -5.20. The average molecular weight is 641 g/mol. The maximum absolute atomic E-state index is 14.5. The molecule has 0 unspecified atom stereocenters. The molecule has 0 spiro atoms. The van der Waals surface area contributed by atoms with Gasteiger partial charge in [-0.1, -0.05) is 18.2 Å². The van der Waals surface area contributed by atoms with Crippen molar-refractivity contribution in [1.29, 1.82) is 0 Å². The van der Waals surface area contributed by atoms with Crippen molar-refractivity contribution in [3.63, 3.8) is 0 Å². The number of methoxy groups -OCH3 is 1. The molecule has 238 valence electrons. The van der Waals surface area contributed by atoms with E-state index in [-0.39, 0.29) is 39.4 Å². The van der Waals surface area contributed by atoms with Crippen LogP contribution in [0.15, 0.2) is 79.3 Å². The van der Waals surface area contributed by atoms with Gasteiger partial charge in [0.2, 0.25) is 5.91 Å². The van der Waals surface area contributed by atoms with Gasteiger partial charge in [0.15, 0.2) is 0 Å². The van der Waals surface area contributed by atoms with Crippen molar-refractivity contribution < 1.29 is 40.7 Å². The molecule has 6 aromatic rings. The molecule has 6 rings (SSSR count).